The van der Waals surface area contributed by atoms with Gasteiger partial charge in [0.1, 0.15) is 17.7 Å². The van der Waals surface area contributed by atoms with Gasteiger partial charge in [0.05, 0.1) is 12.1 Å². The zero-order chi connectivity index (χ0) is 14.0. The Morgan fingerprint density at radius 1 is 1.37 bits per heavy atom. The molecule has 1 aromatic heterocycles. The Bertz CT molecular complexity index is 607. The summed E-state index contributed by atoms with van der Waals surface area (Å²) in [5.41, 5.74) is 6.81. The SMILES string of the molecule is COc1ccc(Br)cc1C(O)c1cc(Cl)cnc1N. The van der Waals surface area contributed by atoms with Crippen molar-refractivity contribution in [3.05, 3.63) is 51.1 Å². The van der Waals surface area contributed by atoms with E-state index >= 15 is 0 Å². The third kappa shape index (κ3) is 3.00. The molecule has 0 saturated carbocycles. The van der Waals surface area contributed by atoms with E-state index in [0.29, 0.717) is 21.9 Å². The molecule has 2 aromatic rings. The molecule has 4 nitrogen and oxygen atoms in total. The lowest BCUT2D eigenvalue weighted by molar-refractivity contribution is 0.215. The Labute approximate surface area is 124 Å². The fraction of sp³-hybridized carbons (Fsp3) is 0.154. The Hall–Kier alpha value is -1.30. The number of halogens is 2. The highest BCUT2D eigenvalue weighted by molar-refractivity contribution is 9.10. The number of nitrogen functional groups attached to an aromatic ring is 1. The Morgan fingerprint density at radius 2 is 2.11 bits per heavy atom. The molecule has 1 unspecified atom stereocenters. The number of nitrogens with two attached hydrogens (primary N) is 1. The number of pyridine rings is 1. The second-order valence-electron chi connectivity index (χ2n) is 3.92. The van der Waals surface area contributed by atoms with Gasteiger partial charge in [-0.05, 0) is 24.3 Å². The van der Waals surface area contributed by atoms with E-state index < -0.39 is 6.10 Å². The summed E-state index contributed by atoms with van der Waals surface area (Å²) in [6.07, 6.45) is 0.476. The second kappa shape index (κ2) is 5.77. The lowest BCUT2D eigenvalue weighted by atomic mass is 10.0. The molecule has 1 aromatic carbocycles. The van der Waals surface area contributed by atoms with Crippen molar-refractivity contribution in [2.24, 2.45) is 0 Å². The third-order valence-electron chi connectivity index (χ3n) is 2.70. The fourth-order valence-electron chi connectivity index (χ4n) is 1.77. The van der Waals surface area contributed by atoms with Crippen LogP contribution >= 0.6 is 27.5 Å². The molecule has 0 aliphatic rings. The van der Waals surface area contributed by atoms with Crippen LogP contribution in [0.1, 0.15) is 17.2 Å². The molecule has 0 saturated heterocycles. The summed E-state index contributed by atoms with van der Waals surface area (Å²) >= 11 is 9.24. The average molecular weight is 344 g/mol. The van der Waals surface area contributed by atoms with Crippen LogP contribution in [-0.2, 0) is 0 Å². The van der Waals surface area contributed by atoms with Gasteiger partial charge in [0.25, 0.3) is 0 Å². The summed E-state index contributed by atoms with van der Waals surface area (Å²) in [5, 5.41) is 10.9. The molecule has 3 N–H and O–H groups in total. The van der Waals surface area contributed by atoms with E-state index in [1.54, 1.807) is 25.3 Å². The summed E-state index contributed by atoms with van der Waals surface area (Å²) in [7, 11) is 1.54. The molecule has 19 heavy (non-hydrogen) atoms. The number of aliphatic hydroxyl groups is 1. The minimum atomic E-state index is -0.960. The number of hydrogen-bond acceptors (Lipinski definition) is 4. The van der Waals surface area contributed by atoms with Gasteiger partial charge in [0.2, 0.25) is 0 Å². The van der Waals surface area contributed by atoms with Crippen molar-refractivity contribution in [2.75, 3.05) is 12.8 Å². The first-order valence-electron chi connectivity index (χ1n) is 5.45. The van der Waals surface area contributed by atoms with Crippen LogP contribution in [0.25, 0.3) is 0 Å². The van der Waals surface area contributed by atoms with Gasteiger partial charge in [-0.3, -0.25) is 0 Å². The number of benzene rings is 1. The van der Waals surface area contributed by atoms with Crippen LogP contribution in [0.15, 0.2) is 34.9 Å². The second-order valence-corrected chi connectivity index (χ2v) is 5.27. The number of methoxy groups -OCH3 is 1. The third-order valence-corrected chi connectivity index (χ3v) is 3.40. The molecule has 2 rings (SSSR count). The molecule has 0 bridgehead atoms. The molecular weight excluding hydrogens is 332 g/mol. The molecule has 1 atom stereocenters. The zero-order valence-electron chi connectivity index (χ0n) is 10.1. The Kier molecular flexibility index (Phi) is 4.29. The lowest BCUT2D eigenvalue weighted by Crippen LogP contribution is -2.07. The van der Waals surface area contributed by atoms with E-state index in [4.69, 9.17) is 22.1 Å². The normalized spacial score (nSPS) is 12.2. The number of anilines is 1. The quantitative estimate of drug-likeness (QED) is 0.898. The van der Waals surface area contributed by atoms with Crippen LogP contribution in [-0.4, -0.2) is 17.2 Å². The predicted molar refractivity (Wildman–Crippen MR) is 78.4 cm³/mol. The van der Waals surface area contributed by atoms with E-state index in [-0.39, 0.29) is 5.82 Å². The highest BCUT2D eigenvalue weighted by Gasteiger charge is 2.19. The van der Waals surface area contributed by atoms with Gasteiger partial charge in [0, 0.05) is 21.8 Å². The standard InChI is InChI=1S/C13H12BrClN2O2/c1-19-11-3-2-7(14)4-9(11)12(18)10-5-8(15)6-17-13(10)16/h2-6,12,18H,1H3,(H2,16,17). The van der Waals surface area contributed by atoms with Crippen LogP contribution < -0.4 is 10.5 Å². The van der Waals surface area contributed by atoms with Crippen molar-refractivity contribution in [1.82, 2.24) is 4.98 Å². The highest BCUT2D eigenvalue weighted by Crippen LogP contribution is 2.34. The van der Waals surface area contributed by atoms with Crippen molar-refractivity contribution >= 4 is 33.3 Å². The summed E-state index contributed by atoms with van der Waals surface area (Å²) in [4.78, 5) is 3.94. The van der Waals surface area contributed by atoms with Gasteiger partial charge in [-0.25, -0.2) is 4.98 Å². The van der Waals surface area contributed by atoms with E-state index in [1.807, 2.05) is 6.07 Å². The van der Waals surface area contributed by atoms with Crippen LogP contribution in [0.3, 0.4) is 0 Å². The van der Waals surface area contributed by atoms with Crippen LogP contribution in [0.5, 0.6) is 5.75 Å². The first-order valence-corrected chi connectivity index (χ1v) is 6.62. The van der Waals surface area contributed by atoms with Gasteiger partial charge in [-0.1, -0.05) is 27.5 Å². The van der Waals surface area contributed by atoms with Gasteiger partial charge < -0.3 is 15.6 Å². The summed E-state index contributed by atoms with van der Waals surface area (Å²) in [5.74, 6) is 0.800. The maximum atomic E-state index is 10.5. The number of rotatable bonds is 3. The molecule has 0 radical (unpaired) electrons. The molecule has 0 amide bonds. The van der Waals surface area contributed by atoms with Crippen molar-refractivity contribution in [3.8, 4) is 5.75 Å². The molecule has 0 aliphatic carbocycles. The van der Waals surface area contributed by atoms with Crippen molar-refractivity contribution in [1.29, 1.82) is 0 Å². The van der Waals surface area contributed by atoms with Gasteiger partial charge >= 0.3 is 0 Å². The lowest BCUT2D eigenvalue weighted by Gasteiger charge is -2.17. The van der Waals surface area contributed by atoms with E-state index in [1.165, 1.54) is 6.20 Å². The number of aliphatic hydroxyl groups excluding tert-OH is 1. The molecule has 0 aliphatic heterocycles. The number of hydrogen-bond donors (Lipinski definition) is 2. The van der Waals surface area contributed by atoms with Gasteiger partial charge in [0.15, 0.2) is 0 Å². The molecule has 1 heterocycles. The highest BCUT2D eigenvalue weighted by atomic mass is 79.9. The monoisotopic (exact) mass is 342 g/mol. The topological polar surface area (TPSA) is 68.4 Å². The largest absolute Gasteiger partial charge is 0.496 e. The number of nitrogens with zero attached hydrogens (tertiary/aromatic N) is 1. The first kappa shape index (κ1) is 14.1. The molecular formula is C13H12BrClN2O2. The van der Waals surface area contributed by atoms with Crippen LogP contribution in [0, 0.1) is 0 Å². The summed E-state index contributed by atoms with van der Waals surface area (Å²) in [6.45, 7) is 0. The molecule has 6 heteroatoms. The van der Waals surface area contributed by atoms with E-state index in [2.05, 4.69) is 20.9 Å². The fourth-order valence-corrected chi connectivity index (χ4v) is 2.32. The first-order chi connectivity index (χ1) is 9.02. The van der Waals surface area contributed by atoms with Gasteiger partial charge in [-0.2, -0.15) is 0 Å². The minimum absolute atomic E-state index is 0.235. The molecule has 0 spiro atoms. The smallest absolute Gasteiger partial charge is 0.129 e. The number of ether oxygens (including phenoxy) is 1. The van der Waals surface area contributed by atoms with E-state index in [9.17, 15) is 5.11 Å². The van der Waals surface area contributed by atoms with Crippen LogP contribution in [0.2, 0.25) is 5.02 Å². The van der Waals surface area contributed by atoms with Gasteiger partial charge in [-0.15, -0.1) is 0 Å². The average Bonchev–Trinajstić information content (AvgIpc) is 2.40. The predicted octanol–water partition coefficient (Wildman–Crippen LogP) is 3.17. The van der Waals surface area contributed by atoms with Crippen molar-refractivity contribution in [2.45, 2.75) is 6.10 Å². The minimum Gasteiger partial charge on any atom is -0.496 e. The Balaban J connectivity index is 2.51. The maximum Gasteiger partial charge on any atom is 0.129 e. The summed E-state index contributed by atoms with van der Waals surface area (Å²) < 4.78 is 6.07. The van der Waals surface area contributed by atoms with E-state index in [0.717, 1.165) is 4.47 Å². The zero-order valence-corrected chi connectivity index (χ0v) is 12.4. The van der Waals surface area contributed by atoms with Crippen molar-refractivity contribution in [3.63, 3.8) is 0 Å². The summed E-state index contributed by atoms with van der Waals surface area (Å²) in [6, 6.07) is 6.95. The number of aromatic nitrogens is 1. The Morgan fingerprint density at radius 3 is 2.79 bits per heavy atom. The van der Waals surface area contributed by atoms with Crippen molar-refractivity contribution < 1.29 is 9.84 Å². The molecule has 100 valence electrons. The maximum absolute atomic E-state index is 10.5. The molecule has 0 fully saturated rings. The van der Waals surface area contributed by atoms with Crippen LogP contribution in [0.4, 0.5) is 5.82 Å².